The number of methoxy groups -OCH3 is 2. The number of fused-ring (bicyclic) bond motifs is 8. The average molecular weight is 569 g/mol. The van der Waals surface area contributed by atoms with Gasteiger partial charge in [0.1, 0.15) is 17.2 Å². The van der Waals surface area contributed by atoms with Crippen molar-refractivity contribution in [3.05, 3.63) is 130 Å². The molecule has 210 valence electrons. The van der Waals surface area contributed by atoms with Crippen molar-refractivity contribution in [3.8, 4) is 28.4 Å². The summed E-state index contributed by atoms with van der Waals surface area (Å²) in [6, 6.07) is 31.5. The molecule has 5 aromatic rings. The Kier molecular flexibility index (Phi) is 6.10. The zero-order chi connectivity index (χ0) is 29.2. The molecule has 0 N–H and O–H groups in total. The third-order valence-corrected chi connectivity index (χ3v) is 11.0. The molecule has 0 fully saturated rings. The molecule has 7 rings (SSSR count). The predicted molar refractivity (Wildman–Crippen MR) is 176 cm³/mol. The van der Waals surface area contributed by atoms with Crippen molar-refractivity contribution in [1.82, 2.24) is 0 Å². The standard InChI is InChI=1S/C38H36O3Si/c1-23-6-16-29-32(20-23)36-31(35-34(29)30-17-7-24(2)21-33(30)37(35,3)22-42)18-19-38(41-36,25-8-12-27(39-4)13-9-25)26-10-14-28(40-5)15-11-26/h6-21H,22H2,1-5,42H3. The van der Waals surface area contributed by atoms with Gasteiger partial charge in [0.05, 0.1) is 14.2 Å². The van der Waals surface area contributed by atoms with E-state index in [1.54, 1.807) is 14.2 Å². The van der Waals surface area contributed by atoms with E-state index >= 15 is 0 Å². The maximum atomic E-state index is 7.44. The van der Waals surface area contributed by atoms with Crippen molar-refractivity contribution in [1.29, 1.82) is 0 Å². The molecule has 42 heavy (non-hydrogen) atoms. The Morgan fingerprint density at radius 3 is 1.93 bits per heavy atom. The van der Waals surface area contributed by atoms with Crippen molar-refractivity contribution < 1.29 is 14.2 Å². The van der Waals surface area contributed by atoms with Crippen LogP contribution in [0.15, 0.2) is 91.0 Å². The van der Waals surface area contributed by atoms with Crippen LogP contribution >= 0.6 is 0 Å². The molecule has 1 heterocycles. The first-order valence-corrected chi connectivity index (χ1v) is 16.1. The van der Waals surface area contributed by atoms with E-state index in [1.807, 2.05) is 24.3 Å². The van der Waals surface area contributed by atoms with Crippen LogP contribution in [0.2, 0.25) is 6.04 Å². The van der Waals surface area contributed by atoms with E-state index in [2.05, 4.69) is 93.6 Å². The number of aryl methyl sites for hydroxylation is 2. The van der Waals surface area contributed by atoms with Crippen LogP contribution in [0.25, 0.3) is 28.0 Å². The van der Waals surface area contributed by atoms with E-state index in [4.69, 9.17) is 14.2 Å². The lowest BCUT2D eigenvalue weighted by molar-refractivity contribution is 0.163. The quantitative estimate of drug-likeness (QED) is 0.202. The van der Waals surface area contributed by atoms with Crippen molar-refractivity contribution in [2.45, 2.75) is 37.8 Å². The Hall–Kier alpha value is -4.28. The van der Waals surface area contributed by atoms with Crippen LogP contribution in [0.3, 0.4) is 0 Å². The van der Waals surface area contributed by atoms with Gasteiger partial charge >= 0.3 is 0 Å². The summed E-state index contributed by atoms with van der Waals surface area (Å²) < 4.78 is 18.4. The van der Waals surface area contributed by atoms with E-state index in [0.717, 1.165) is 50.0 Å². The largest absolute Gasteiger partial charge is 0.497 e. The second kappa shape index (κ2) is 9.64. The minimum absolute atomic E-state index is 0.0694. The van der Waals surface area contributed by atoms with Crippen molar-refractivity contribution in [2.75, 3.05) is 14.2 Å². The van der Waals surface area contributed by atoms with Crippen molar-refractivity contribution in [3.63, 3.8) is 0 Å². The van der Waals surface area contributed by atoms with E-state index < -0.39 is 5.60 Å². The van der Waals surface area contributed by atoms with E-state index in [1.165, 1.54) is 44.3 Å². The molecular formula is C38H36O3Si. The van der Waals surface area contributed by atoms with Gasteiger partial charge in [0.2, 0.25) is 0 Å². The van der Waals surface area contributed by atoms with Crippen LogP contribution in [0, 0.1) is 13.8 Å². The molecule has 0 saturated heterocycles. The van der Waals surface area contributed by atoms with Gasteiger partial charge in [0, 0.05) is 37.7 Å². The molecule has 4 heteroatoms. The van der Waals surface area contributed by atoms with Gasteiger partial charge in [-0.05, 0) is 77.9 Å². The minimum Gasteiger partial charge on any atom is -0.497 e. The molecule has 0 aromatic heterocycles. The molecular weight excluding hydrogens is 533 g/mol. The number of benzene rings is 5. The lowest BCUT2D eigenvalue weighted by Crippen LogP contribution is -2.35. The van der Waals surface area contributed by atoms with Crippen LogP contribution in [0.1, 0.15) is 45.9 Å². The molecule has 1 aliphatic carbocycles. The maximum Gasteiger partial charge on any atom is 0.178 e. The van der Waals surface area contributed by atoms with Gasteiger partial charge in [0.25, 0.3) is 0 Å². The zero-order valence-corrected chi connectivity index (χ0v) is 27.2. The Morgan fingerprint density at radius 2 is 1.33 bits per heavy atom. The Labute approximate surface area is 251 Å². The SMILES string of the molecule is COc1ccc(C2(c3ccc(OC)cc3)C=Cc3c4c(c5ccc(C)cc5c3O2)-c2ccc(C)cc2C4(C)C[SiH3])cc1. The second-order valence-electron chi connectivity index (χ2n) is 11.9. The highest BCUT2D eigenvalue weighted by Gasteiger charge is 2.45. The molecule has 2 aliphatic rings. The first kappa shape index (κ1) is 26.6. The predicted octanol–water partition coefficient (Wildman–Crippen LogP) is 7.89. The third-order valence-electron chi connectivity index (χ3n) is 9.54. The van der Waals surface area contributed by atoms with Crippen LogP contribution in [-0.2, 0) is 11.0 Å². The number of ether oxygens (including phenoxy) is 3. The summed E-state index contributed by atoms with van der Waals surface area (Å²) in [5, 5.41) is 2.41. The Morgan fingerprint density at radius 1 is 0.738 bits per heavy atom. The molecule has 0 saturated carbocycles. The third kappa shape index (κ3) is 3.71. The fourth-order valence-electron chi connectivity index (χ4n) is 7.10. The van der Waals surface area contributed by atoms with Gasteiger partial charge in [-0.2, -0.15) is 0 Å². The summed E-state index contributed by atoms with van der Waals surface area (Å²) >= 11 is 0. The number of hydrogen-bond donors (Lipinski definition) is 0. The fourth-order valence-corrected chi connectivity index (χ4v) is 7.83. The van der Waals surface area contributed by atoms with Gasteiger partial charge in [-0.25, -0.2) is 0 Å². The summed E-state index contributed by atoms with van der Waals surface area (Å²) in [4.78, 5) is 0. The summed E-state index contributed by atoms with van der Waals surface area (Å²) in [6.45, 7) is 6.80. The lowest BCUT2D eigenvalue weighted by atomic mass is 9.76. The monoisotopic (exact) mass is 568 g/mol. The molecule has 0 bridgehead atoms. The Bertz CT molecular complexity index is 1840. The van der Waals surface area contributed by atoms with Gasteiger partial charge in [-0.3, -0.25) is 0 Å². The van der Waals surface area contributed by atoms with Crippen molar-refractivity contribution >= 4 is 27.1 Å². The lowest BCUT2D eigenvalue weighted by Gasteiger charge is -2.39. The normalized spacial score (nSPS) is 17.8. The first-order chi connectivity index (χ1) is 20.3. The van der Waals surface area contributed by atoms with Crippen LogP contribution in [0.4, 0.5) is 0 Å². The Balaban J connectivity index is 1.55. The summed E-state index contributed by atoms with van der Waals surface area (Å²) in [5.74, 6) is 2.59. The zero-order valence-electron chi connectivity index (χ0n) is 25.2. The second-order valence-corrected chi connectivity index (χ2v) is 12.6. The average Bonchev–Trinajstić information content (AvgIpc) is 3.29. The van der Waals surface area contributed by atoms with Gasteiger partial charge in [-0.15, -0.1) is 0 Å². The van der Waals surface area contributed by atoms with Gasteiger partial charge in [-0.1, -0.05) is 84.8 Å². The highest BCUT2D eigenvalue weighted by atomic mass is 28.1. The van der Waals surface area contributed by atoms with Gasteiger partial charge in [0.15, 0.2) is 5.60 Å². The molecule has 0 radical (unpaired) electrons. The van der Waals surface area contributed by atoms with Crippen molar-refractivity contribution in [2.24, 2.45) is 0 Å². The molecule has 1 unspecified atom stereocenters. The molecule has 1 aliphatic heterocycles. The van der Waals surface area contributed by atoms with Crippen LogP contribution in [0.5, 0.6) is 17.2 Å². The summed E-state index contributed by atoms with van der Waals surface area (Å²) in [5.41, 5.74) is 10.5. The topological polar surface area (TPSA) is 27.7 Å². The van der Waals surface area contributed by atoms with E-state index in [9.17, 15) is 0 Å². The highest BCUT2D eigenvalue weighted by molar-refractivity contribution is 6.13. The maximum absolute atomic E-state index is 7.44. The highest BCUT2D eigenvalue weighted by Crippen LogP contribution is 2.59. The number of rotatable bonds is 5. The summed E-state index contributed by atoms with van der Waals surface area (Å²) in [6.07, 6.45) is 4.59. The van der Waals surface area contributed by atoms with Crippen LogP contribution in [-0.4, -0.2) is 24.5 Å². The molecule has 1 atom stereocenters. The number of hydrogen-bond acceptors (Lipinski definition) is 3. The van der Waals surface area contributed by atoms with E-state index in [0.29, 0.717) is 0 Å². The fraction of sp³-hybridized carbons (Fsp3) is 0.211. The first-order valence-electron chi connectivity index (χ1n) is 14.7. The summed E-state index contributed by atoms with van der Waals surface area (Å²) in [7, 11) is 4.49. The van der Waals surface area contributed by atoms with Gasteiger partial charge < -0.3 is 14.2 Å². The smallest absolute Gasteiger partial charge is 0.178 e. The molecule has 0 amide bonds. The van der Waals surface area contributed by atoms with E-state index in [-0.39, 0.29) is 5.41 Å². The molecule has 0 spiro atoms. The molecule has 3 nitrogen and oxygen atoms in total. The minimum atomic E-state index is -0.824. The van der Waals surface area contributed by atoms with Crippen LogP contribution < -0.4 is 14.2 Å². The molecule has 5 aromatic carbocycles.